The third-order valence-corrected chi connectivity index (χ3v) is 5.61. The van der Waals surface area contributed by atoms with Gasteiger partial charge in [-0.2, -0.15) is 9.57 Å². The Hall–Kier alpha value is -1.38. The number of hydrogen-bond acceptors (Lipinski definition) is 3. The molecule has 1 heterocycles. The van der Waals surface area contributed by atoms with Crippen LogP contribution in [0.1, 0.15) is 31.2 Å². The molecule has 2 rings (SSSR count). The van der Waals surface area contributed by atoms with Crippen molar-refractivity contribution >= 4 is 10.0 Å². The first-order valence-corrected chi connectivity index (χ1v) is 8.09. The summed E-state index contributed by atoms with van der Waals surface area (Å²) >= 11 is 0. The molecule has 102 valence electrons. The van der Waals surface area contributed by atoms with Crippen molar-refractivity contribution in [2.45, 2.75) is 31.7 Å². The van der Waals surface area contributed by atoms with E-state index in [9.17, 15) is 8.42 Å². The van der Waals surface area contributed by atoms with Crippen LogP contribution in [0, 0.1) is 11.3 Å². The van der Waals surface area contributed by atoms with Crippen LogP contribution in [-0.4, -0.2) is 31.1 Å². The quantitative estimate of drug-likeness (QED) is 0.847. The van der Waals surface area contributed by atoms with Gasteiger partial charge in [0, 0.05) is 6.54 Å². The molecule has 0 aromatic heterocycles. The Morgan fingerprint density at radius 3 is 2.74 bits per heavy atom. The van der Waals surface area contributed by atoms with Crippen molar-refractivity contribution < 1.29 is 8.42 Å². The lowest BCUT2D eigenvalue weighted by molar-refractivity contribution is 0.435. The van der Waals surface area contributed by atoms with Crippen molar-refractivity contribution in [1.29, 1.82) is 5.26 Å². The maximum absolute atomic E-state index is 12.4. The molecule has 0 aliphatic carbocycles. The molecule has 1 aromatic carbocycles. The van der Waals surface area contributed by atoms with Crippen LogP contribution >= 0.6 is 0 Å². The summed E-state index contributed by atoms with van der Waals surface area (Å²) in [6.07, 6.45) is 1.42. The van der Waals surface area contributed by atoms with Gasteiger partial charge in [-0.05, 0) is 24.3 Å². The fraction of sp³-hybridized carbons (Fsp3) is 0.500. The Kier molecular flexibility index (Phi) is 4.23. The molecule has 19 heavy (non-hydrogen) atoms. The Balaban J connectivity index is 2.12. The fourth-order valence-electron chi connectivity index (χ4n) is 2.49. The fourth-order valence-corrected chi connectivity index (χ4v) is 4.45. The van der Waals surface area contributed by atoms with Gasteiger partial charge in [0.15, 0.2) is 0 Å². The SMILES string of the molecule is CC(CS(=O)(=O)N1CCCC1C#N)c1ccccc1. The maximum Gasteiger partial charge on any atom is 0.215 e. The minimum absolute atomic E-state index is 0.0638. The van der Waals surface area contributed by atoms with Crippen molar-refractivity contribution in [3.8, 4) is 6.07 Å². The van der Waals surface area contributed by atoms with Crippen LogP contribution < -0.4 is 0 Å². The van der Waals surface area contributed by atoms with Crippen LogP contribution in [0.15, 0.2) is 30.3 Å². The number of rotatable bonds is 4. The minimum atomic E-state index is -3.36. The third kappa shape index (κ3) is 3.14. The topological polar surface area (TPSA) is 61.2 Å². The van der Waals surface area contributed by atoms with Crippen LogP contribution in [0.2, 0.25) is 0 Å². The molecular formula is C14H18N2O2S. The number of hydrogen-bond donors (Lipinski definition) is 0. The Labute approximate surface area is 114 Å². The van der Waals surface area contributed by atoms with Crippen LogP contribution in [0.3, 0.4) is 0 Å². The molecule has 1 saturated heterocycles. The molecule has 0 bridgehead atoms. The van der Waals surface area contributed by atoms with Gasteiger partial charge in [-0.1, -0.05) is 37.3 Å². The molecule has 5 heteroatoms. The van der Waals surface area contributed by atoms with Crippen molar-refractivity contribution in [2.24, 2.45) is 0 Å². The average Bonchev–Trinajstić information content (AvgIpc) is 2.88. The van der Waals surface area contributed by atoms with E-state index in [0.29, 0.717) is 13.0 Å². The zero-order valence-corrected chi connectivity index (χ0v) is 11.8. The summed E-state index contributed by atoms with van der Waals surface area (Å²) in [5.41, 5.74) is 1.01. The number of nitriles is 1. The summed E-state index contributed by atoms with van der Waals surface area (Å²) < 4.78 is 26.1. The lowest BCUT2D eigenvalue weighted by atomic mass is 10.0. The number of sulfonamides is 1. The maximum atomic E-state index is 12.4. The first-order chi connectivity index (χ1) is 9.04. The van der Waals surface area contributed by atoms with Gasteiger partial charge in [-0.25, -0.2) is 8.42 Å². The molecule has 1 aliphatic rings. The molecule has 0 amide bonds. The number of nitrogens with zero attached hydrogens (tertiary/aromatic N) is 2. The molecule has 1 aliphatic heterocycles. The first kappa shape index (κ1) is 14.0. The van der Waals surface area contributed by atoms with E-state index < -0.39 is 16.1 Å². The Morgan fingerprint density at radius 2 is 2.11 bits per heavy atom. The lowest BCUT2D eigenvalue weighted by Crippen LogP contribution is -2.37. The van der Waals surface area contributed by atoms with Crippen molar-refractivity contribution in [3.05, 3.63) is 35.9 Å². The highest BCUT2D eigenvalue weighted by atomic mass is 32.2. The monoisotopic (exact) mass is 278 g/mol. The Morgan fingerprint density at radius 1 is 1.42 bits per heavy atom. The second-order valence-electron chi connectivity index (χ2n) is 4.99. The van der Waals surface area contributed by atoms with Crippen LogP contribution in [0.4, 0.5) is 0 Å². The summed E-state index contributed by atoms with van der Waals surface area (Å²) in [5, 5.41) is 8.99. The normalized spacial score (nSPS) is 22.0. The molecule has 1 aromatic rings. The molecule has 0 radical (unpaired) electrons. The van der Waals surface area contributed by atoms with Crippen LogP contribution in [0.25, 0.3) is 0 Å². The molecule has 0 N–H and O–H groups in total. The minimum Gasteiger partial charge on any atom is -0.212 e. The average molecular weight is 278 g/mol. The van der Waals surface area contributed by atoms with Crippen molar-refractivity contribution in [1.82, 2.24) is 4.31 Å². The molecular weight excluding hydrogens is 260 g/mol. The summed E-state index contributed by atoms with van der Waals surface area (Å²) in [6.45, 7) is 2.38. The molecule has 2 unspecified atom stereocenters. The third-order valence-electron chi connectivity index (χ3n) is 3.54. The largest absolute Gasteiger partial charge is 0.215 e. The zero-order chi connectivity index (χ0) is 13.9. The Bertz CT molecular complexity index is 563. The van der Waals surface area contributed by atoms with Gasteiger partial charge < -0.3 is 0 Å². The highest BCUT2D eigenvalue weighted by Gasteiger charge is 2.35. The molecule has 2 atom stereocenters. The van der Waals surface area contributed by atoms with E-state index in [1.807, 2.05) is 37.3 Å². The second-order valence-corrected chi connectivity index (χ2v) is 6.95. The van der Waals surface area contributed by atoms with Gasteiger partial charge in [0.2, 0.25) is 10.0 Å². The predicted molar refractivity (Wildman–Crippen MR) is 74.0 cm³/mol. The van der Waals surface area contributed by atoms with Crippen molar-refractivity contribution in [3.63, 3.8) is 0 Å². The van der Waals surface area contributed by atoms with E-state index in [2.05, 4.69) is 6.07 Å². The molecule has 0 spiro atoms. The first-order valence-electron chi connectivity index (χ1n) is 6.48. The lowest BCUT2D eigenvalue weighted by Gasteiger charge is -2.21. The van der Waals surface area contributed by atoms with Gasteiger partial charge in [-0.3, -0.25) is 0 Å². The van der Waals surface area contributed by atoms with Crippen LogP contribution in [0.5, 0.6) is 0 Å². The van der Waals surface area contributed by atoms with Gasteiger partial charge in [0.1, 0.15) is 6.04 Å². The number of benzene rings is 1. The smallest absolute Gasteiger partial charge is 0.212 e. The van der Waals surface area contributed by atoms with E-state index in [-0.39, 0.29) is 11.7 Å². The van der Waals surface area contributed by atoms with Crippen molar-refractivity contribution in [2.75, 3.05) is 12.3 Å². The molecule has 1 fully saturated rings. The second kappa shape index (κ2) is 5.72. The van der Waals surface area contributed by atoms with E-state index in [1.54, 1.807) is 0 Å². The van der Waals surface area contributed by atoms with Gasteiger partial charge in [-0.15, -0.1) is 0 Å². The molecule has 0 saturated carbocycles. The highest BCUT2D eigenvalue weighted by molar-refractivity contribution is 7.89. The zero-order valence-electron chi connectivity index (χ0n) is 11.0. The highest BCUT2D eigenvalue weighted by Crippen LogP contribution is 2.24. The predicted octanol–water partition coefficient (Wildman–Crippen LogP) is 2.11. The van der Waals surface area contributed by atoms with Gasteiger partial charge in [0.25, 0.3) is 0 Å². The van der Waals surface area contributed by atoms with Crippen LogP contribution in [-0.2, 0) is 10.0 Å². The van der Waals surface area contributed by atoms with E-state index >= 15 is 0 Å². The van der Waals surface area contributed by atoms with Gasteiger partial charge >= 0.3 is 0 Å². The van der Waals surface area contributed by atoms with E-state index in [1.165, 1.54) is 4.31 Å². The standard InChI is InChI=1S/C14H18N2O2S/c1-12(13-6-3-2-4-7-13)11-19(17,18)16-9-5-8-14(16)10-15/h2-4,6-7,12,14H,5,8-9,11H2,1H3. The van der Waals surface area contributed by atoms with Gasteiger partial charge in [0.05, 0.1) is 11.8 Å². The summed E-state index contributed by atoms with van der Waals surface area (Å²) in [5.74, 6) is 0.000919. The van der Waals surface area contributed by atoms with E-state index in [4.69, 9.17) is 5.26 Å². The molecule has 4 nitrogen and oxygen atoms in total. The van der Waals surface area contributed by atoms with E-state index in [0.717, 1.165) is 12.0 Å². The summed E-state index contributed by atoms with van der Waals surface area (Å²) in [6, 6.07) is 11.2. The summed E-state index contributed by atoms with van der Waals surface area (Å²) in [7, 11) is -3.36. The summed E-state index contributed by atoms with van der Waals surface area (Å²) in [4.78, 5) is 0.